The lowest BCUT2D eigenvalue weighted by atomic mass is 10.0. The average Bonchev–Trinajstić information content (AvgIpc) is 2.69. The van der Waals surface area contributed by atoms with Gasteiger partial charge in [-0.05, 0) is 29.3 Å². The Balaban J connectivity index is 2.20. The third-order valence-electron chi connectivity index (χ3n) is 4.21. The highest BCUT2D eigenvalue weighted by Crippen LogP contribution is 2.22. The number of hydrogen-bond donors (Lipinski definition) is 2. The normalized spacial score (nSPS) is 12.6. The zero-order valence-corrected chi connectivity index (χ0v) is 18.4. The predicted octanol–water partition coefficient (Wildman–Crippen LogP) is 3.05. The number of carbonyl (C=O) groups is 3. The zero-order valence-electron chi connectivity index (χ0n) is 16.1. The molecule has 0 heterocycles. The van der Waals surface area contributed by atoms with Gasteiger partial charge in [-0.15, -0.1) is 0 Å². The van der Waals surface area contributed by atoms with Crippen LogP contribution >= 0.6 is 27.5 Å². The highest BCUT2D eigenvalue weighted by atomic mass is 79.9. The number of benzene rings is 2. The van der Waals surface area contributed by atoms with Gasteiger partial charge in [0.05, 0.1) is 7.11 Å². The van der Waals surface area contributed by atoms with Crippen molar-refractivity contribution in [2.45, 2.75) is 31.8 Å². The van der Waals surface area contributed by atoms with Gasteiger partial charge in [-0.25, -0.2) is 4.79 Å². The number of rotatable bonds is 8. The van der Waals surface area contributed by atoms with E-state index in [2.05, 4.69) is 26.6 Å². The van der Waals surface area contributed by atoms with Gasteiger partial charge >= 0.3 is 5.97 Å². The molecule has 2 atom stereocenters. The lowest BCUT2D eigenvalue weighted by Gasteiger charge is -2.22. The van der Waals surface area contributed by atoms with Crippen LogP contribution in [-0.4, -0.2) is 37.0 Å². The highest BCUT2D eigenvalue weighted by Gasteiger charge is 2.27. The Labute approximate surface area is 183 Å². The Morgan fingerprint density at radius 3 is 2.34 bits per heavy atom. The van der Waals surface area contributed by atoms with Gasteiger partial charge in [0, 0.05) is 29.3 Å². The molecule has 0 saturated carbocycles. The molecule has 0 saturated heterocycles. The van der Waals surface area contributed by atoms with Crippen LogP contribution in [0.15, 0.2) is 53.0 Å². The number of amides is 2. The second-order valence-electron chi connectivity index (χ2n) is 6.47. The topological polar surface area (TPSA) is 84.5 Å². The maximum absolute atomic E-state index is 12.9. The predicted molar refractivity (Wildman–Crippen MR) is 115 cm³/mol. The second kappa shape index (κ2) is 11.0. The fourth-order valence-electron chi connectivity index (χ4n) is 2.83. The molecule has 29 heavy (non-hydrogen) atoms. The Morgan fingerprint density at radius 1 is 1.03 bits per heavy atom. The number of halogens is 2. The molecule has 0 aliphatic heterocycles. The number of ether oxygens (including phenoxy) is 1. The molecule has 0 spiro atoms. The van der Waals surface area contributed by atoms with Crippen molar-refractivity contribution in [3.8, 4) is 0 Å². The van der Waals surface area contributed by atoms with Gasteiger partial charge in [0.15, 0.2) is 0 Å². The van der Waals surface area contributed by atoms with Gasteiger partial charge in [-0.2, -0.15) is 0 Å². The molecule has 0 aliphatic rings. The van der Waals surface area contributed by atoms with E-state index in [4.69, 9.17) is 16.3 Å². The summed E-state index contributed by atoms with van der Waals surface area (Å²) in [6.45, 7) is 1.34. The van der Waals surface area contributed by atoms with Gasteiger partial charge in [-0.1, -0.05) is 57.9 Å². The number of carbonyl (C=O) groups excluding carboxylic acids is 3. The first-order valence-electron chi connectivity index (χ1n) is 8.93. The molecular formula is C21H22BrClN2O4. The summed E-state index contributed by atoms with van der Waals surface area (Å²) < 4.78 is 5.60. The third-order valence-corrected chi connectivity index (χ3v) is 5.22. The summed E-state index contributed by atoms with van der Waals surface area (Å²) in [6.07, 6.45) is 0.471. The first-order valence-corrected chi connectivity index (χ1v) is 10.1. The number of methoxy groups -OCH3 is 1. The van der Waals surface area contributed by atoms with Gasteiger partial charge in [0.25, 0.3) is 0 Å². The molecular weight excluding hydrogens is 460 g/mol. The molecule has 0 fully saturated rings. The largest absolute Gasteiger partial charge is 0.467 e. The van der Waals surface area contributed by atoms with Crippen molar-refractivity contribution in [2.75, 3.05) is 7.11 Å². The summed E-state index contributed by atoms with van der Waals surface area (Å²) in [5, 5.41) is 5.85. The van der Waals surface area contributed by atoms with Crippen molar-refractivity contribution in [1.29, 1.82) is 0 Å². The maximum Gasteiger partial charge on any atom is 0.328 e. The van der Waals surface area contributed by atoms with E-state index in [1.54, 1.807) is 18.2 Å². The van der Waals surface area contributed by atoms with Crippen LogP contribution in [0.4, 0.5) is 0 Å². The van der Waals surface area contributed by atoms with Crippen LogP contribution in [0.3, 0.4) is 0 Å². The lowest BCUT2D eigenvalue weighted by molar-refractivity contribution is -0.145. The van der Waals surface area contributed by atoms with E-state index in [0.29, 0.717) is 11.4 Å². The summed E-state index contributed by atoms with van der Waals surface area (Å²) in [5.74, 6) is -1.41. The van der Waals surface area contributed by atoms with E-state index in [9.17, 15) is 14.4 Å². The monoisotopic (exact) mass is 480 g/mol. The van der Waals surface area contributed by atoms with Crippen LogP contribution in [0.5, 0.6) is 0 Å². The van der Waals surface area contributed by atoms with Crippen molar-refractivity contribution in [3.63, 3.8) is 0 Å². The molecule has 6 nitrogen and oxygen atoms in total. The molecule has 0 bridgehead atoms. The summed E-state index contributed by atoms with van der Waals surface area (Å²) in [4.78, 5) is 36.8. The van der Waals surface area contributed by atoms with Crippen molar-refractivity contribution in [1.82, 2.24) is 10.6 Å². The Morgan fingerprint density at radius 2 is 1.72 bits per heavy atom. The van der Waals surface area contributed by atoms with E-state index in [0.717, 1.165) is 15.6 Å². The standard InChI is InChI=1S/C21H22BrClN2O4/c1-13(26)24-18(10-14-6-4-3-5-7-14)20(27)25-19(21(28)29-2)12-15-11-16(23)8-9-17(15)22/h3-9,11,18-19H,10,12H2,1-2H3,(H,24,26)(H,25,27)/t18-,19+/m1/s1. The molecule has 2 aromatic carbocycles. The molecule has 154 valence electrons. The van der Waals surface area contributed by atoms with Crippen LogP contribution in [0.1, 0.15) is 18.1 Å². The van der Waals surface area contributed by atoms with Gasteiger partial charge < -0.3 is 15.4 Å². The second-order valence-corrected chi connectivity index (χ2v) is 7.76. The first-order chi connectivity index (χ1) is 13.8. The fourth-order valence-corrected chi connectivity index (χ4v) is 3.44. The molecule has 0 aliphatic carbocycles. The summed E-state index contributed by atoms with van der Waals surface area (Å²) in [5.41, 5.74) is 1.63. The van der Waals surface area contributed by atoms with Gasteiger partial charge in [0.2, 0.25) is 11.8 Å². The first kappa shape index (κ1) is 22.9. The summed E-state index contributed by atoms with van der Waals surface area (Å²) >= 11 is 9.47. The zero-order chi connectivity index (χ0) is 21.4. The summed E-state index contributed by atoms with van der Waals surface area (Å²) in [6, 6.07) is 12.7. The molecule has 8 heteroatoms. The maximum atomic E-state index is 12.9. The van der Waals surface area contributed by atoms with Crippen molar-refractivity contribution in [2.24, 2.45) is 0 Å². The van der Waals surface area contributed by atoms with Gasteiger partial charge in [0.1, 0.15) is 12.1 Å². The minimum absolute atomic E-state index is 0.178. The Kier molecular flexibility index (Phi) is 8.67. The van der Waals surface area contributed by atoms with E-state index >= 15 is 0 Å². The lowest BCUT2D eigenvalue weighted by Crippen LogP contribution is -2.53. The van der Waals surface area contributed by atoms with Crippen molar-refractivity contribution < 1.29 is 19.1 Å². The third kappa shape index (κ3) is 7.18. The van der Waals surface area contributed by atoms with E-state index in [1.807, 2.05) is 30.3 Å². The molecule has 2 aromatic rings. The molecule has 0 unspecified atom stereocenters. The minimum atomic E-state index is -0.936. The number of hydrogen-bond acceptors (Lipinski definition) is 4. The van der Waals surface area contributed by atoms with Crippen molar-refractivity contribution in [3.05, 3.63) is 69.2 Å². The fraction of sp³-hybridized carbons (Fsp3) is 0.286. The minimum Gasteiger partial charge on any atom is -0.467 e. The number of nitrogens with one attached hydrogen (secondary N) is 2. The van der Waals surface area contributed by atoms with Gasteiger partial charge in [-0.3, -0.25) is 9.59 Å². The highest BCUT2D eigenvalue weighted by molar-refractivity contribution is 9.10. The smallest absolute Gasteiger partial charge is 0.328 e. The van der Waals surface area contributed by atoms with E-state index < -0.39 is 24.0 Å². The van der Waals surface area contributed by atoms with Crippen LogP contribution in [0.2, 0.25) is 5.02 Å². The van der Waals surface area contributed by atoms with Crippen LogP contribution in [0.25, 0.3) is 0 Å². The Hall–Kier alpha value is -2.38. The summed E-state index contributed by atoms with van der Waals surface area (Å²) in [7, 11) is 1.25. The van der Waals surface area contributed by atoms with Crippen LogP contribution < -0.4 is 10.6 Å². The Bertz CT molecular complexity index is 876. The molecule has 0 aromatic heterocycles. The number of esters is 1. The molecule has 0 radical (unpaired) electrons. The van der Waals surface area contributed by atoms with E-state index in [-0.39, 0.29) is 12.3 Å². The molecule has 2 rings (SSSR count). The molecule has 2 amide bonds. The van der Waals surface area contributed by atoms with Crippen molar-refractivity contribution >= 4 is 45.3 Å². The SMILES string of the molecule is COC(=O)[C@H](Cc1cc(Cl)ccc1Br)NC(=O)[C@@H](Cc1ccccc1)NC(C)=O. The molecule has 2 N–H and O–H groups in total. The average molecular weight is 482 g/mol. The van der Waals surface area contributed by atoms with Crippen LogP contribution in [-0.2, 0) is 32.0 Å². The van der Waals surface area contributed by atoms with Crippen LogP contribution in [0, 0.1) is 0 Å². The van der Waals surface area contributed by atoms with E-state index in [1.165, 1.54) is 14.0 Å². The quantitative estimate of drug-likeness (QED) is 0.568.